The maximum atomic E-state index is 8.83. The molecule has 2 nitrogen and oxygen atoms in total. The van der Waals surface area contributed by atoms with Crippen molar-refractivity contribution in [1.29, 1.82) is 5.26 Å². The first-order valence-electron chi connectivity index (χ1n) is 5.68. The van der Waals surface area contributed by atoms with Crippen LogP contribution in [0.2, 0.25) is 0 Å². The molecule has 0 spiro atoms. The van der Waals surface area contributed by atoms with E-state index in [2.05, 4.69) is 33.8 Å². The number of benzene rings is 1. The summed E-state index contributed by atoms with van der Waals surface area (Å²) in [7, 11) is 0. The number of nitriles is 1. The van der Waals surface area contributed by atoms with E-state index >= 15 is 0 Å². The van der Waals surface area contributed by atoms with E-state index in [0.29, 0.717) is 11.6 Å². The molecule has 0 radical (unpaired) electrons. The first kappa shape index (κ1) is 11.5. The van der Waals surface area contributed by atoms with Gasteiger partial charge < -0.3 is 4.90 Å². The van der Waals surface area contributed by atoms with Crippen LogP contribution < -0.4 is 4.90 Å². The molecule has 0 aliphatic carbocycles. The minimum absolute atomic E-state index is 0.595. The lowest BCUT2D eigenvalue weighted by Gasteiger charge is -2.36. The molecule has 0 amide bonds. The Morgan fingerprint density at radius 1 is 1.44 bits per heavy atom. The Morgan fingerprint density at radius 3 is 2.88 bits per heavy atom. The van der Waals surface area contributed by atoms with Crippen molar-refractivity contribution < 1.29 is 0 Å². The van der Waals surface area contributed by atoms with Gasteiger partial charge in [-0.1, -0.05) is 0 Å². The van der Waals surface area contributed by atoms with Gasteiger partial charge in [0, 0.05) is 17.1 Å². The first-order valence-corrected chi connectivity index (χ1v) is 6.48. The molecule has 0 N–H and O–H groups in total. The number of anilines is 1. The fourth-order valence-electron chi connectivity index (χ4n) is 2.27. The quantitative estimate of drug-likeness (QED) is 0.783. The summed E-state index contributed by atoms with van der Waals surface area (Å²) in [5.74, 6) is 0. The zero-order chi connectivity index (χ0) is 11.5. The minimum Gasteiger partial charge on any atom is -0.368 e. The first-order chi connectivity index (χ1) is 7.72. The molecule has 1 heterocycles. The van der Waals surface area contributed by atoms with Crippen molar-refractivity contribution in [3.8, 4) is 6.07 Å². The van der Waals surface area contributed by atoms with Gasteiger partial charge in [-0.05, 0) is 60.3 Å². The number of piperidine rings is 1. The lowest BCUT2D eigenvalue weighted by molar-refractivity contribution is 0.484. The molecule has 1 aromatic carbocycles. The Balaban J connectivity index is 2.29. The third kappa shape index (κ3) is 2.22. The Bertz CT molecular complexity index is 422. The van der Waals surface area contributed by atoms with Crippen molar-refractivity contribution in [3.05, 3.63) is 28.2 Å². The molecule has 1 aromatic rings. The second-order valence-electron chi connectivity index (χ2n) is 4.32. The summed E-state index contributed by atoms with van der Waals surface area (Å²) in [5, 5.41) is 8.83. The summed E-state index contributed by atoms with van der Waals surface area (Å²) in [6, 6.07) is 8.59. The van der Waals surface area contributed by atoms with Crippen molar-refractivity contribution in [3.63, 3.8) is 0 Å². The Morgan fingerprint density at radius 2 is 2.25 bits per heavy atom. The van der Waals surface area contributed by atoms with E-state index in [1.54, 1.807) is 0 Å². The second kappa shape index (κ2) is 4.88. The van der Waals surface area contributed by atoms with Gasteiger partial charge in [-0.15, -0.1) is 0 Å². The predicted octanol–water partition coefficient (Wildman–Crippen LogP) is 3.70. The number of halogens is 1. The SMILES string of the molecule is CC1CCCCN1c1ccc(C#N)cc1Br. The molecule has 0 aromatic heterocycles. The van der Waals surface area contributed by atoms with Crippen LogP contribution in [0.1, 0.15) is 31.7 Å². The van der Waals surface area contributed by atoms with Crippen molar-refractivity contribution in [2.45, 2.75) is 32.2 Å². The molecular weight excluding hydrogens is 264 g/mol. The zero-order valence-corrected chi connectivity index (χ0v) is 11.0. The van der Waals surface area contributed by atoms with E-state index in [1.165, 1.54) is 24.9 Å². The van der Waals surface area contributed by atoms with Crippen LogP contribution in [-0.2, 0) is 0 Å². The highest BCUT2D eigenvalue weighted by molar-refractivity contribution is 9.10. The monoisotopic (exact) mass is 278 g/mol. The summed E-state index contributed by atoms with van der Waals surface area (Å²) in [5.41, 5.74) is 1.92. The largest absolute Gasteiger partial charge is 0.368 e. The van der Waals surface area contributed by atoms with E-state index < -0.39 is 0 Å². The number of hydrogen-bond donors (Lipinski definition) is 0. The third-order valence-electron chi connectivity index (χ3n) is 3.19. The van der Waals surface area contributed by atoms with Crippen LogP contribution in [0.5, 0.6) is 0 Å². The van der Waals surface area contributed by atoms with Gasteiger partial charge in [0.15, 0.2) is 0 Å². The highest BCUT2D eigenvalue weighted by atomic mass is 79.9. The number of hydrogen-bond acceptors (Lipinski definition) is 2. The van der Waals surface area contributed by atoms with Gasteiger partial charge in [0.25, 0.3) is 0 Å². The zero-order valence-electron chi connectivity index (χ0n) is 9.41. The Kier molecular flexibility index (Phi) is 3.50. The van der Waals surface area contributed by atoms with Gasteiger partial charge in [-0.25, -0.2) is 0 Å². The van der Waals surface area contributed by atoms with Gasteiger partial charge in [0.1, 0.15) is 0 Å². The summed E-state index contributed by atoms with van der Waals surface area (Å²) in [6.07, 6.45) is 3.84. The van der Waals surface area contributed by atoms with E-state index in [0.717, 1.165) is 11.0 Å². The molecule has 0 saturated carbocycles. The lowest BCUT2D eigenvalue weighted by Crippen LogP contribution is -2.37. The summed E-state index contributed by atoms with van der Waals surface area (Å²) in [6.45, 7) is 3.38. The van der Waals surface area contributed by atoms with Gasteiger partial charge >= 0.3 is 0 Å². The van der Waals surface area contributed by atoms with Crippen LogP contribution >= 0.6 is 15.9 Å². The second-order valence-corrected chi connectivity index (χ2v) is 5.17. The van der Waals surface area contributed by atoms with Crippen LogP contribution in [0.4, 0.5) is 5.69 Å². The standard InChI is InChI=1S/C13H15BrN2/c1-10-4-2-3-7-16(10)13-6-5-11(9-15)8-12(13)14/h5-6,8,10H,2-4,7H2,1H3. The molecule has 16 heavy (non-hydrogen) atoms. The number of rotatable bonds is 1. The smallest absolute Gasteiger partial charge is 0.0992 e. The fraction of sp³-hybridized carbons (Fsp3) is 0.462. The topological polar surface area (TPSA) is 27.0 Å². The maximum absolute atomic E-state index is 8.83. The van der Waals surface area contributed by atoms with Crippen LogP contribution in [0.15, 0.2) is 22.7 Å². The van der Waals surface area contributed by atoms with Gasteiger partial charge in [0.2, 0.25) is 0 Å². The van der Waals surface area contributed by atoms with E-state index in [4.69, 9.17) is 5.26 Å². The highest BCUT2D eigenvalue weighted by Crippen LogP contribution is 2.31. The van der Waals surface area contributed by atoms with Crippen molar-refractivity contribution in [2.24, 2.45) is 0 Å². The number of nitrogens with zero attached hydrogens (tertiary/aromatic N) is 2. The molecule has 3 heteroatoms. The van der Waals surface area contributed by atoms with Crippen molar-refractivity contribution in [1.82, 2.24) is 0 Å². The Hall–Kier alpha value is -1.01. The predicted molar refractivity (Wildman–Crippen MR) is 69.5 cm³/mol. The summed E-state index contributed by atoms with van der Waals surface area (Å²) in [4.78, 5) is 2.43. The molecule has 1 saturated heterocycles. The molecule has 1 aliphatic rings. The van der Waals surface area contributed by atoms with Crippen LogP contribution in [-0.4, -0.2) is 12.6 Å². The van der Waals surface area contributed by atoms with Crippen molar-refractivity contribution in [2.75, 3.05) is 11.4 Å². The normalized spacial score (nSPS) is 20.6. The average Bonchev–Trinajstić information content (AvgIpc) is 2.30. The molecule has 0 bridgehead atoms. The molecule has 1 atom stereocenters. The molecule has 84 valence electrons. The molecular formula is C13H15BrN2. The van der Waals surface area contributed by atoms with Crippen LogP contribution in [0.25, 0.3) is 0 Å². The summed E-state index contributed by atoms with van der Waals surface area (Å²) >= 11 is 3.56. The highest BCUT2D eigenvalue weighted by Gasteiger charge is 2.20. The van der Waals surface area contributed by atoms with Gasteiger partial charge in [0.05, 0.1) is 17.3 Å². The average molecular weight is 279 g/mol. The maximum Gasteiger partial charge on any atom is 0.0992 e. The fourth-order valence-corrected chi connectivity index (χ4v) is 2.87. The van der Waals surface area contributed by atoms with E-state index in [1.807, 2.05) is 18.2 Å². The Labute approximate surface area is 105 Å². The van der Waals surface area contributed by atoms with Crippen LogP contribution in [0, 0.1) is 11.3 Å². The molecule has 1 unspecified atom stereocenters. The summed E-state index contributed by atoms with van der Waals surface area (Å²) < 4.78 is 1.03. The third-order valence-corrected chi connectivity index (χ3v) is 3.82. The molecule has 1 aliphatic heterocycles. The van der Waals surface area contributed by atoms with Crippen LogP contribution in [0.3, 0.4) is 0 Å². The molecule has 1 fully saturated rings. The van der Waals surface area contributed by atoms with Gasteiger partial charge in [-0.3, -0.25) is 0 Å². The van der Waals surface area contributed by atoms with E-state index in [9.17, 15) is 0 Å². The van der Waals surface area contributed by atoms with E-state index in [-0.39, 0.29) is 0 Å². The van der Waals surface area contributed by atoms with Gasteiger partial charge in [-0.2, -0.15) is 5.26 Å². The van der Waals surface area contributed by atoms with Crippen molar-refractivity contribution >= 4 is 21.6 Å². The minimum atomic E-state index is 0.595. The molecule has 2 rings (SSSR count). The lowest BCUT2D eigenvalue weighted by atomic mass is 10.0.